The molecular weight excluding hydrogens is 444 g/mol. The molecule has 32 heavy (non-hydrogen) atoms. The highest BCUT2D eigenvalue weighted by atomic mass is 32.2. The van der Waals surface area contributed by atoms with Gasteiger partial charge in [0.25, 0.3) is 11.8 Å². The largest absolute Gasteiger partial charge is 0.495 e. The molecule has 0 N–H and O–H groups in total. The van der Waals surface area contributed by atoms with Crippen LogP contribution in [0.1, 0.15) is 20.7 Å². The van der Waals surface area contributed by atoms with Gasteiger partial charge in [0.2, 0.25) is 0 Å². The van der Waals surface area contributed by atoms with Crippen molar-refractivity contribution in [2.75, 3.05) is 19.4 Å². The van der Waals surface area contributed by atoms with Crippen LogP contribution in [0.3, 0.4) is 0 Å². The molecule has 9 heteroatoms. The highest BCUT2D eigenvalue weighted by Crippen LogP contribution is 2.34. The van der Waals surface area contributed by atoms with Crippen molar-refractivity contribution in [3.05, 3.63) is 77.2 Å². The predicted octanol–water partition coefficient (Wildman–Crippen LogP) is 4.39. The topological polar surface area (TPSA) is 77.3 Å². The van der Waals surface area contributed by atoms with Gasteiger partial charge in [-0.25, -0.2) is 0 Å². The number of ether oxygens (including phenoxy) is 1. The summed E-state index contributed by atoms with van der Waals surface area (Å²) in [7, 11) is 1.63. The first-order valence-corrected chi connectivity index (χ1v) is 11.8. The molecule has 160 valence electrons. The number of aromatic nitrogens is 3. The fourth-order valence-electron chi connectivity index (χ4n) is 3.63. The molecule has 2 aromatic carbocycles. The molecule has 0 spiro atoms. The lowest BCUT2D eigenvalue weighted by Gasteiger charge is -2.15. The minimum Gasteiger partial charge on any atom is -0.495 e. The Morgan fingerprint density at radius 3 is 2.34 bits per heavy atom. The second-order valence-electron chi connectivity index (χ2n) is 6.95. The zero-order valence-electron chi connectivity index (χ0n) is 17.1. The normalized spacial score (nSPS) is 13.0. The van der Waals surface area contributed by atoms with Crippen LogP contribution in [0.5, 0.6) is 5.75 Å². The number of thioether (sulfide) groups is 1. The maximum absolute atomic E-state index is 12.6. The molecule has 4 aromatic rings. The first kappa shape index (κ1) is 20.5. The summed E-state index contributed by atoms with van der Waals surface area (Å²) in [6, 6.07) is 18.6. The van der Waals surface area contributed by atoms with E-state index in [0.717, 1.165) is 10.6 Å². The second-order valence-corrected chi connectivity index (χ2v) is 8.96. The van der Waals surface area contributed by atoms with E-state index in [-0.39, 0.29) is 18.4 Å². The number of nitrogens with zero attached hydrogens (tertiary/aromatic N) is 4. The summed E-state index contributed by atoms with van der Waals surface area (Å²) in [4.78, 5) is 27.5. The number of rotatable bonds is 7. The van der Waals surface area contributed by atoms with E-state index < -0.39 is 0 Å². The molecule has 0 atom stereocenters. The van der Waals surface area contributed by atoms with Gasteiger partial charge in [-0.3, -0.25) is 19.1 Å². The average Bonchev–Trinajstić information content (AvgIpc) is 3.55. The van der Waals surface area contributed by atoms with E-state index in [2.05, 4.69) is 10.2 Å². The highest BCUT2D eigenvalue weighted by Gasteiger charge is 2.34. The molecule has 0 saturated carbocycles. The van der Waals surface area contributed by atoms with E-state index in [4.69, 9.17) is 4.74 Å². The van der Waals surface area contributed by atoms with Gasteiger partial charge in [0, 0.05) is 12.3 Å². The zero-order valence-corrected chi connectivity index (χ0v) is 18.7. The Morgan fingerprint density at radius 2 is 1.66 bits per heavy atom. The van der Waals surface area contributed by atoms with Gasteiger partial charge in [0.15, 0.2) is 11.0 Å². The fourth-order valence-corrected chi connectivity index (χ4v) is 5.20. The number of imide groups is 1. The summed E-state index contributed by atoms with van der Waals surface area (Å²) < 4.78 is 7.52. The van der Waals surface area contributed by atoms with Crippen molar-refractivity contribution in [2.24, 2.45) is 0 Å². The number of amides is 2. The molecule has 1 aliphatic rings. The molecular formula is C23H18N4O3S2. The van der Waals surface area contributed by atoms with Crippen LogP contribution < -0.4 is 4.74 Å². The molecule has 2 aromatic heterocycles. The molecule has 2 amide bonds. The number of thiophene rings is 1. The van der Waals surface area contributed by atoms with Crippen LogP contribution in [-0.2, 0) is 0 Å². The summed E-state index contributed by atoms with van der Waals surface area (Å²) >= 11 is 3.02. The van der Waals surface area contributed by atoms with Crippen molar-refractivity contribution in [1.29, 1.82) is 0 Å². The summed E-state index contributed by atoms with van der Waals surface area (Å²) in [6.45, 7) is 0.282. The fraction of sp³-hybridized carbons (Fsp3) is 0.130. The first-order chi connectivity index (χ1) is 15.7. The average molecular weight is 463 g/mol. The maximum Gasteiger partial charge on any atom is 0.261 e. The number of para-hydroxylation sites is 2. The quantitative estimate of drug-likeness (QED) is 0.299. The van der Waals surface area contributed by atoms with Crippen LogP contribution in [-0.4, -0.2) is 50.9 Å². The van der Waals surface area contributed by atoms with Crippen molar-refractivity contribution >= 4 is 34.9 Å². The van der Waals surface area contributed by atoms with Gasteiger partial charge >= 0.3 is 0 Å². The number of hydrogen-bond acceptors (Lipinski definition) is 7. The number of methoxy groups -OCH3 is 1. The summed E-state index contributed by atoms with van der Waals surface area (Å²) in [5.41, 5.74) is 1.74. The number of benzene rings is 2. The van der Waals surface area contributed by atoms with E-state index in [9.17, 15) is 9.59 Å². The Kier molecular flexibility index (Phi) is 5.50. The zero-order chi connectivity index (χ0) is 22.1. The van der Waals surface area contributed by atoms with Crippen LogP contribution in [0.4, 0.5) is 0 Å². The van der Waals surface area contributed by atoms with Gasteiger partial charge in [0.05, 0.1) is 28.8 Å². The lowest BCUT2D eigenvalue weighted by Crippen LogP contribution is -2.31. The third-order valence-corrected chi connectivity index (χ3v) is 6.90. The Bertz CT molecular complexity index is 1270. The third-order valence-electron chi connectivity index (χ3n) is 5.13. The van der Waals surface area contributed by atoms with Gasteiger partial charge in [0.1, 0.15) is 5.75 Å². The van der Waals surface area contributed by atoms with Crippen molar-refractivity contribution in [3.63, 3.8) is 0 Å². The Hall–Kier alpha value is -3.43. The Morgan fingerprint density at radius 1 is 0.938 bits per heavy atom. The smallest absolute Gasteiger partial charge is 0.261 e. The van der Waals surface area contributed by atoms with Gasteiger partial charge in [-0.15, -0.1) is 21.5 Å². The molecule has 7 nitrogen and oxygen atoms in total. The molecule has 1 aliphatic heterocycles. The Labute approximate surface area is 192 Å². The van der Waals surface area contributed by atoms with E-state index in [0.29, 0.717) is 33.6 Å². The predicted molar refractivity (Wildman–Crippen MR) is 124 cm³/mol. The van der Waals surface area contributed by atoms with Crippen molar-refractivity contribution in [3.8, 4) is 22.1 Å². The third kappa shape index (κ3) is 3.49. The van der Waals surface area contributed by atoms with Crippen LogP contribution in [0, 0.1) is 0 Å². The molecule has 0 aliphatic carbocycles. The molecule has 0 unspecified atom stereocenters. The standard InChI is InChI=1S/C23H18N4O3S2/c1-30-18-10-5-4-9-17(18)27-20(19-11-6-13-31-19)24-25-23(27)32-14-12-26-21(28)15-7-2-3-8-16(15)22(26)29/h2-11,13H,12,14H2,1H3. The second kappa shape index (κ2) is 8.60. The molecule has 3 heterocycles. The summed E-state index contributed by atoms with van der Waals surface area (Å²) in [6.07, 6.45) is 0. The molecule has 0 fully saturated rings. The lowest BCUT2D eigenvalue weighted by molar-refractivity contribution is 0.0664. The monoisotopic (exact) mass is 462 g/mol. The maximum atomic E-state index is 12.6. The van der Waals surface area contributed by atoms with Crippen LogP contribution >= 0.6 is 23.1 Å². The minimum absolute atomic E-state index is 0.253. The number of hydrogen-bond donors (Lipinski definition) is 0. The molecule has 0 radical (unpaired) electrons. The van der Waals surface area contributed by atoms with Crippen LogP contribution in [0.2, 0.25) is 0 Å². The SMILES string of the molecule is COc1ccccc1-n1c(SCCN2C(=O)c3ccccc3C2=O)nnc1-c1cccs1. The van der Waals surface area contributed by atoms with Gasteiger partial charge in [-0.05, 0) is 35.7 Å². The lowest BCUT2D eigenvalue weighted by atomic mass is 10.1. The van der Waals surface area contributed by atoms with Crippen LogP contribution in [0.15, 0.2) is 71.2 Å². The minimum atomic E-state index is -0.253. The summed E-state index contributed by atoms with van der Waals surface area (Å²) in [5.74, 6) is 1.40. The van der Waals surface area contributed by atoms with E-state index >= 15 is 0 Å². The van der Waals surface area contributed by atoms with E-state index in [1.54, 1.807) is 42.7 Å². The number of carbonyl (C=O) groups is 2. The van der Waals surface area contributed by atoms with Crippen LogP contribution in [0.25, 0.3) is 16.4 Å². The highest BCUT2D eigenvalue weighted by molar-refractivity contribution is 7.99. The summed E-state index contributed by atoms with van der Waals surface area (Å²) in [5, 5.41) is 11.5. The van der Waals surface area contributed by atoms with Crippen molar-refractivity contribution in [1.82, 2.24) is 19.7 Å². The van der Waals surface area contributed by atoms with Crippen molar-refractivity contribution < 1.29 is 14.3 Å². The molecule has 0 bridgehead atoms. The van der Waals surface area contributed by atoms with Crippen molar-refractivity contribution in [2.45, 2.75) is 5.16 Å². The molecule has 0 saturated heterocycles. The number of carbonyl (C=O) groups excluding carboxylic acids is 2. The van der Waals surface area contributed by atoms with Gasteiger partial charge in [-0.1, -0.05) is 42.1 Å². The van der Waals surface area contributed by atoms with Gasteiger partial charge in [-0.2, -0.15) is 0 Å². The Balaban J connectivity index is 1.42. The van der Waals surface area contributed by atoms with E-state index in [1.807, 2.05) is 46.3 Å². The van der Waals surface area contributed by atoms with E-state index in [1.165, 1.54) is 16.7 Å². The first-order valence-electron chi connectivity index (χ1n) is 9.89. The van der Waals surface area contributed by atoms with Gasteiger partial charge < -0.3 is 4.74 Å². The molecule has 5 rings (SSSR count). The number of fused-ring (bicyclic) bond motifs is 1.